The number of rotatable bonds is 3. The fourth-order valence-corrected chi connectivity index (χ4v) is 1.31. The van der Waals surface area contributed by atoms with Crippen LogP contribution in [0.2, 0.25) is 0 Å². The zero-order valence-corrected chi connectivity index (χ0v) is 6.54. The van der Waals surface area contributed by atoms with E-state index in [0.717, 1.165) is 12.2 Å². The van der Waals surface area contributed by atoms with Gasteiger partial charge in [-0.1, -0.05) is 0 Å². The van der Waals surface area contributed by atoms with E-state index >= 15 is 0 Å². The monoisotopic (exact) mass is 160 g/mol. The van der Waals surface area contributed by atoms with Crippen LogP contribution in [0.1, 0.15) is 10.7 Å². The number of nitrogens with zero attached hydrogens (tertiary/aromatic N) is 1. The SMILES string of the molecule is CNCc1csc(CF)n1. The van der Waals surface area contributed by atoms with Gasteiger partial charge < -0.3 is 5.32 Å². The Bertz CT molecular complexity index is 199. The van der Waals surface area contributed by atoms with Crippen LogP contribution in [0, 0.1) is 0 Å². The normalized spacial score (nSPS) is 10.2. The van der Waals surface area contributed by atoms with Gasteiger partial charge in [0.25, 0.3) is 0 Å². The largest absolute Gasteiger partial charge is 0.314 e. The standard InChI is InChI=1S/C6H9FN2S/c1-8-3-5-4-10-6(2-7)9-5/h4,8H,2-3H2,1H3. The van der Waals surface area contributed by atoms with Crippen molar-refractivity contribution in [3.8, 4) is 0 Å². The van der Waals surface area contributed by atoms with E-state index in [9.17, 15) is 4.39 Å². The quantitative estimate of drug-likeness (QED) is 0.721. The second-order valence-corrected chi connectivity index (χ2v) is 2.84. The Morgan fingerprint density at radius 2 is 2.60 bits per heavy atom. The number of hydrogen-bond donors (Lipinski definition) is 1. The topological polar surface area (TPSA) is 24.9 Å². The molecule has 0 unspecified atom stereocenters. The summed E-state index contributed by atoms with van der Waals surface area (Å²) in [6.45, 7) is 0.269. The molecule has 0 aromatic carbocycles. The van der Waals surface area contributed by atoms with Gasteiger partial charge in [0.15, 0.2) is 0 Å². The van der Waals surface area contributed by atoms with E-state index in [4.69, 9.17) is 0 Å². The van der Waals surface area contributed by atoms with Crippen LogP contribution in [0.25, 0.3) is 0 Å². The smallest absolute Gasteiger partial charge is 0.141 e. The number of alkyl halides is 1. The summed E-state index contributed by atoms with van der Waals surface area (Å²) in [5.74, 6) is 0. The van der Waals surface area contributed by atoms with E-state index in [1.165, 1.54) is 11.3 Å². The molecule has 0 bridgehead atoms. The molecule has 1 N–H and O–H groups in total. The van der Waals surface area contributed by atoms with Gasteiger partial charge in [-0.15, -0.1) is 11.3 Å². The molecular formula is C6H9FN2S. The fourth-order valence-electron chi connectivity index (χ4n) is 0.673. The first kappa shape index (κ1) is 7.63. The highest BCUT2D eigenvalue weighted by Crippen LogP contribution is 2.09. The third-order valence-corrected chi connectivity index (χ3v) is 1.93. The van der Waals surface area contributed by atoms with Crippen LogP contribution < -0.4 is 5.32 Å². The van der Waals surface area contributed by atoms with Gasteiger partial charge in [0, 0.05) is 11.9 Å². The summed E-state index contributed by atoms with van der Waals surface area (Å²) in [4.78, 5) is 4.00. The van der Waals surface area contributed by atoms with Crippen LogP contribution in [-0.2, 0) is 13.2 Å². The summed E-state index contributed by atoms with van der Waals surface area (Å²) in [7, 11) is 1.84. The molecule has 56 valence electrons. The molecule has 0 atom stereocenters. The minimum absolute atomic E-state index is 0.450. The van der Waals surface area contributed by atoms with Crippen molar-refractivity contribution in [2.75, 3.05) is 7.05 Å². The molecule has 0 fully saturated rings. The number of aromatic nitrogens is 1. The van der Waals surface area contributed by atoms with E-state index in [1.807, 2.05) is 12.4 Å². The molecule has 2 nitrogen and oxygen atoms in total. The summed E-state index contributed by atoms with van der Waals surface area (Å²) < 4.78 is 11.9. The molecular weight excluding hydrogens is 151 g/mol. The lowest BCUT2D eigenvalue weighted by Gasteiger charge is -1.89. The summed E-state index contributed by atoms with van der Waals surface area (Å²) in [6, 6.07) is 0. The highest BCUT2D eigenvalue weighted by Gasteiger charge is 1.98. The van der Waals surface area contributed by atoms with E-state index < -0.39 is 6.67 Å². The number of hydrogen-bond acceptors (Lipinski definition) is 3. The van der Waals surface area contributed by atoms with E-state index in [2.05, 4.69) is 10.3 Å². The zero-order valence-electron chi connectivity index (χ0n) is 5.72. The Morgan fingerprint density at radius 3 is 3.10 bits per heavy atom. The molecule has 0 aliphatic heterocycles. The van der Waals surface area contributed by atoms with Crippen LogP contribution in [-0.4, -0.2) is 12.0 Å². The molecule has 4 heteroatoms. The summed E-state index contributed by atoms with van der Waals surface area (Å²) in [5.41, 5.74) is 0.917. The molecule has 0 aliphatic carbocycles. The van der Waals surface area contributed by atoms with Gasteiger partial charge in [0.1, 0.15) is 11.7 Å². The van der Waals surface area contributed by atoms with E-state index in [0.29, 0.717) is 5.01 Å². The minimum atomic E-state index is -0.450. The molecule has 0 amide bonds. The molecule has 0 saturated heterocycles. The lowest BCUT2D eigenvalue weighted by atomic mass is 10.5. The van der Waals surface area contributed by atoms with Crippen molar-refractivity contribution in [3.63, 3.8) is 0 Å². The Hall–Kier alpha value is -0.480. The second-order valence-electron chi connectivity index (χ2n) is 1.90. The lowest BCUT2D eigenvalue weighted by Crippen LogP contribution is -2.04. The van der Waals surface area contributed by atoms with Gasteiger partial charge in [-0.3, -0.25) is 0 Å². The first-order valence-corrected chi connectivity index (χ1v) is 3.88. The molecule has 0 radical (unpaired) electrons. The Balaban J connectivity index is 2.59. The first-order valence-electron chi connectivity index (χ1n) is 3.00. The molecule has 0 saturated carbocycles. The molecule has 10 heavy (non-hydrogen) atoms. The number of thiazole rings is 1. The van der Waals surface area contributed by atoms with Crippen molar-refractivity contribution >= 4 is 11.3 Å². The predicted molar refractivity (Wildman–Crippen MR) is 39.7 cm³/mol. The maximum atomic E-state index is 11.9. The van der Waals surface area contributed by atoms with Crippen LogP contribution in [0.3, 0.4) is 0 Å². The summed E-state index contributed by atoms with van der Waals surface area (Å²) in [5, 5.41) is 5.37. The molecule has 1 heterocycles. The maximum absolute atomic E-state index is 11.9. The van der Waals surface area contributed by atoms with Crippen LogP contribution in [0.5, 0.6) is 0 Å². The van der Waals surface area contributed by atoms with Crippen molar-refractivity contribution in [1.82, 2.24) is 10.3 Å². The van der Waals surface area contributed by atoms with Gasteiger partial charge in [-0.05, 0) is 7.05 Å². The fraction of sp³-hybridized carbons (Fsp3) is 0.500. The summed E-state index contributed by atoms with van der Waals surface area (Å²) >= 11 is 1.36. The molecule has 1 rings (SSSR count). The van der Waals surface area contributed by atoms with Gasteiger partial charge in [-0.2, -0.15) is 0 Å². The van der Waals surface area contributed by atoms with Gasteiger partial charge in [-0.25, -0.2) is 9.37 Å². The van der Waals surface area contributed by atoms with Crippen molar-refractivity contribution in [3.05, 3.63) is 16.1 Å². The van der Waals surface area contributed by atoms with Gasteiger partial charge in [0.05, 0.1) is 5.69 Å². The summed E-state index contributed by atoms with van der Waals surface area (Å²) in [6.07, 6.45) is 0. The lowest BCUT2D eigenvalue weighted by molar-refractivity contribution is 0.482. The van der Waals surface area contributed by atoms with Crippen LogP contribution in [0.15, 0.2) is 5.38 Å². The van der Waals surface area contributed by atoms with E-state index in [-0.39, 0.29) is 0 Å². The molecule has 1 aromatic rings. The molecule has 0 aliphatic rings. The third kappa shape index (κ3) is 1.75. The van der Waals surface area contributed by atoms with Crippen LogP contribution in [0.4, 0.5) is 4.39 Å². The Morgan fingerprint density at radius 1 is 1.80 bits per heavy atom. The molecule has 0 spiro atoms. The molecule has 1 aromatic heterocycles. The maximum Gasteiger partial charge on any atom is 0.141 e. The van der Waals surface area contributed by atoms with Crippen molar-refractivity contribution < 1.29 is 4.39 Å². The second kappa shape index (κ2) is 3.63. The van der Waals surface area contributed by atoms with E-state index in [1.54, 1.807) is 0 Å². The highest BCUT2D eigenvalue weighted by molar-refractivity contribution is 7.09. The van der Waals surface area contributed by atoms with Gasteiger partial charge in [0.2, 0.25) is 0 Å². The first-order chi connectivity index (χ1) is 4.86. The number of halogens is 1. The van der Waals surface area contributed by atoms with Crippen molar-refractivity contribution in [2.45, 2.75) is 13.2 Å². The third-order valence-electron chi connectivity index (χ3n) is 1.07. The zero-order chi connectivity index (χ0) is 7.40. The average Bonchev–Trinajstić information content (AvgIpc) is 2.37. The van der Waals surface area contributed by atoms with Crippen molar-refractivity contribution in [2.24, 2.45) is 0 Å². The average molecular weight is 160 g/mol. The van der Waals surface area contributed by atoms with Crippen LogP contribution >= 0.6 is 11.3 Å². The highest BCUT2D eigenvalue weighted by atomic mass is 32.1. The predicted octanol–water partition coefficient (Wildman–Crippen LogP) is 1.33. The Kier molecular flexibility index (Phi) is 2.77. The Labute approximate surface area is 63.1 Å². The minimum Gasteiger partial charge on any atom is -0.314 e. The van der Waals surface area contributed by atoms with Crippen molar-refractivity contribution in [1.29, 1.82) is 0 Å². The number of nitrogens with one attached hydrogen (secondary N) is 1. The van der Waals surface area contributed by atoms with Gasteiger partial charge >= 0.3 is 0 Å².